The van der Waals surface area contributed by atoms with Crippen molar-refractivity contribution in [2.75, 3.05) is 6.54 Å². The van der Waals surface area contributed by atoms with E-state index in [1.807, 2.05) is 29.1 Å². The molecule has 0 spiro atoms. The molecule has 0 aliphatic carbocycles. The summed E-state index contributed by atoms with van der Waals surface area (Å²) in [7, 11) is 0. The van der Waals surface area contributed by atoms with E-state index in [1.54, 1.807) is 22.7 Å². The number of halogens is 1. The number of carbonyl (C=O) groups is 1. The van der Waals surface area contributed by atoms with Crippen molar-refractivity contribution in [2.45, 2.75) is 12.8 Å². The van der Waals surface area contributed by atoms with Gasteiger partial charge in [-0.05, 0) is 40.0 Å². The summed E-state index contributed by atoms with van der Waals surface area (Å²) in [5, 5.41) is 9.17. The van der Waals surface area contributed by atoms with Crippen molar-refractivity contribution in [3.05, 3.63) is 63.0 Å². The third kappa shape index (κ3) is 3.90. The fourth-order valence-corrected chi connectivity index (χ4v) is 5.16. The van der Waals surface area contributed by atoms with Gasteiger partial charge in [0, 0.05) is 38.9 Å². The van der Waals surface area contributed by atoms with Gasteiger partial charge in [0.1, 0.15) is 5.01 Å². The van der Waals surface area contributed by atoms with Gasteiger partial charge in [-0.2, -0.15) is 0 Å². The highest BCUT2D eigenvalue weighted by Gasteiger charge is 2.11. The first-order chi connectivity index (χ1) is 12.7. The van der Waals surface area contributed by atoms with Crippen LogP contribution in [0.1, 0.15) is 11.3 Å². The zero-order chi connectivity index (χ0) is 17.9. The molecule has 3 heterocycles. The molecule has 4 aromatic rings. The van der Waals surface area contributed by atoms with Crippen LogP contribution in [0.2, 0.25) is 0 Å². The van der Waals surface area contributed by atoms with E-state index in [-0.39, 0.29) is 5.91 Å². The Bertz CT molecular complexity index is 1050. The average molecular weight is 446 g/mol. The van der Waals surface area contributed by atoms with Crippen LogP contribution < -0.4 is 5.32 Å². The van der Waals surface area contributed by atoms with Crippen LogP contribution in [-0.4, -0.2) is 22.4 Å². The molecule has 132 valence electrons. The molecule has 2 N–H and O–H groups in total. The molecular formula is C19H16BrN3OS2. The number of aromatic amines is 1. The van der Waals surface area contributed by atoms with Gasteiger partial charge >= 0.3 is 0 Å². The van der Waals surface area contributed by atoms with E-state index in [0.717, 1.165) is 32.0 Å². The van der Waals surface area contributed by atoms with Crippen molar-refractivity contribution in [2.24, 2.45) is 0 Å². The lowest BCUT2D eigenvalue weighted by Gasteiger charge is -2.03. The summed E-state index contributed by atoms with van der Waals surface area (Å²) in [5.74, 6) is 0.00838. The molecule has 0 fully saturated rings. The van der Waals surface area contributed by atoms with Crippen LogP contribution in [-0.2, 0) is 17.6 Å². The number of para-hydroxylation sites is 1. The monoisotopic (exact) mass is 445 g/mol. The lowest BCUT2D eigenvalue weighted by Crippen LogP contribution is -2.27. The van der Waals surface area contributed by atoms with E-state index in [2.05, 4.69) is 49.4 Å². The van der Waals surface area contributed by atoms with Gasteiger partial charge in [0.2, 0.25) is 5.91 Å². The summed E-state index contributed by atoms with van der Waals surface area (Å²) in [5.41, 5.74) is 3.17. The Hall–Kier alpha value is -1.96. The molecular weight excluding hydrogens is 430 g/mol. The highest BCUT2D eigenvalue weighted by atomic mass is 79.9. The number of hydrogen-bond acceptors (Lipinski definition) is 4. The molecule has 3 aromatic heterocycles. The summed E-state index contributed by atoms with van der Waals surface area (Å²) >= 11 is 6.68. The van der Waals surface area contributed by atoms with Crippen LogP contribution in [0, 0.1) is 0 Å². The van der Waals surface area contributed by atoms with Crippen molar-refractivity contribution < 1.29 is 4.79 Å². The average Bonchev–Trinajstić information content (AvgIpc) is 3.35. The second-order valence-electron chi connectivity index (χ2n) is 5.91. The number of fused-ring (bicyclic) bond motifs is 1. The second-order valence-corrected chi connectivity index (χ2v) is 8.59. The number of benzene rings is 1. The summed E-state index contributed by atoms with van der Waals surface area (Å²) in [6, 6.07) is 10.3. The molecule has 26 heavy (non-hydrogen) atoms. The Morgan fingerprint density at radius 1 is 1.23 bits per heavy atom. The van der Waals surface area contributed by atoms with E-state index < -0.39 is 0 Å². The van der Waals surface area contributed by atoms with E-state index in [9.17, 15) is 4.79 Å². The Labute approximate surface area is 167 Å². The van der Waals surface area contributed by atoms with Gasteiger partial charge in [0.25, 0.3) is 0 Å². The Morgan fingerprint density at radius 2 is 2.12 bits per heavy atom. The number of hydrogen-bond donors (Lipinski definition) is 2. The van der Waals surface area contributed by atoms with E-state index >= 15 is 0 Å². The van der Waals surface area contributed by atoms with Gasteiger partial charge < -0.3 is 10.3 Å². The molecule has 4 rings (SSSR count). The molecule has 0 bridgehead atoms. The number of amides is 1. The van der Waals surface area contributed by atoms with Crippen LogP contribution in [0.5, 0.6) is 0 Å². The first-order valence-corrected chi connectivity index (χ1v) is 10.7. The summed E-state index contributed by atoms with van der Waals surface area (Å²) in [6.45, 7) is 0.621. The number of H-pyrrole nitrogens is 1. The third-order valence-electron chi connectivity index (χ3n) is 4.06. The Kier molecular flexibility index (Phi) is 5.19. The van der Waals surface area contributed by atoms with Crippen LogP contribution in [0.3, 0.4) is 0 Å². The normalized spacial score (nSPS) is 11.1. The van der Waals surface area contributed by atoms with Gasteiger partial charge in [-0.15, -0.1) is 22.7 Å². The highest BCUT2D eigenvalue weighted by molar-refractivity contribution is 9.10. The minimum absolute atomic E-state index is 0.00838. The minimum atomic E-state index is 0.00838. The van der Waals surface area contributed by atoms with Crippen molar-refractivity contribution >= 4 is 55.4 Å². The summed E-state index contributed by atoms with van der Waals surface area (Å²) in [6.07, 6.45) is 3.14. The zero-order valence-corrected chi connectivity index (χ0v) is 17.0. The van der Waals surface area contributed by atoms with Crippen molar-refractivity contribution in [3.8, 4) is 9.88 Å². The maximum absolute atomic E-state index is 12.2. The topological polar surface area (TPSA) is 57.8 Å². The zero-order valence-electron chi connectivity index (χ0n) is 13.8. The standard InChI is InChI=1S/C19H16BrN3OS2/c20-13-7-17(25-10-13)19-23-14(11-26-19)8-18(24)21-6-5-12-9-22-16-4-2-1-3-15(12)16/h1-4,7,9-11,22H,5-6,8H2,(H,21,24). The molecule has 0 aliphatic heterocycles. The van der Waals surface area contributed by atoms with Gasteiger partial charge in [-0.3, -0.25) is 4.79 Å². The maximum Gasteiger partial charge on any atom is 0.226 e. The lowest BCUT2D eigenvalue weighted by atomic mass is 10.1. The van der Waals surface area contributed by atoms with E-state index in [0.29, 0.717) is 13.0 Å². The van der Waals surface area contributed by atoms with Crippen molar-refractivity contribution in [3.63, 3.8) is 0 Å². The lowest BCUT2D eigenvalue weighted by molar-refractivity contribution is -0.120. The highest BCUT2D eigenvalue weighted by Crippen LogP contribution is 2.32. The van der Waals surface area contributed by atoms with Crippen LogP contribution in [0.15, 0.2) is 51.8 Å². The largest absolute Gasteiger partial charge is 0.361 e. The minimum Gasteiger partial charge on any atom is -0.361 e. The Morgan fingerprint density at radius 3 is 2.96 bits per heavy atom. The number of carbonyl (C=O) groups excluding carboxylic acids is 1. The number of thiophene rings is 1. The van der Waals surface area contributed by atoms with Crippen LogP contribution in [0.25, 0.3) is 20.8 Å². The molecule has 0 radical (unpaired) electrons. The molecule has 0 atom stereocenters. The fraction of sp³-hybridized carbons (Fsp3) is 0.158. The van der Waals surface area contributed by atoms with Gasteiger partial charge in [0.15, 0.2) is 0 Å². The number of nitrogens with zero attached hydrogens (tertiary/aromatic N) is 1. The Balaban J connectivity index is 1.31. The predicted octanol–water partition coefficient (Wildman–Crippen LogP) is 5.02. The van der Waals surface area contributed by atoms with Gasteiger partial charge in [0.05, 0.1) is 17.0 Å². The number of thiazole rings is 1. The number of nitrogens with one attached hydrogen (secondary N) is 2. The van der Waals surface area contributed by atoms with Gasteiger partial charge in [-0.25, -0.2) is 4.98 Å². The molecule has 0 unspecified atom stereocenters. The van der Waals surface area contributed by atoms with E-state index in [1.165, 1.54) is 10.9 Å². The number of rotatable bonds is 6. The van der Waals surface area contributed by atoms with E-state index in [4.69, 9.17) is 0 Å². The molecule has 0 saturated heterocycles. The first-order valence-electron chi connectivity index (χ1n) is 8.19. The predicted molar refractivity (Wildman–Crippen MR) is 112 cm³/mol. The molecule has 0 saturated carbocycles. The molecule has 4 nitrogen and oxygen atoms in total. The van der Waals surface area contributed by atoms with Crippen LogP contribution >= 0.6 is 38.6 Å². The van der Waals surface area contributed by atoms with Crippen molar-refractivity contribution in [1.82, 2.24) is 15.3 Å². The second kappa shape index (κ2) is 7.73. The summed E-state index contributed by atoms with van der Waals surface area (Å²) < 4.78 is 1.06. The van der Waals surface area contributed by atoms with Crippen LogP contribution in [0.4, 0.5) is 0 Å². The third-order valence-corrected chi connectivity index (χ3v) is 6.81. The smallest absolute Gasteiger partial charge is 0.226 e. The molecule has 0 aliphatic rings. The first kappa shape index (κ1) is 17.5. The SMILES string of the molecule is O=C(Cc1csc(-c2cc(Br)cs2)n1)NCCc1c[nH]c2ccccc12. The summed E-state index contributed by atoms with van der Waals surface area (Å²) in [4.78, 5) is 21.2. The van der Waals surface area contributed by atoms with Crippen molar-refractivity contribution in [1.29, 1.82) is 0 Å². The molecule has 7 heteroatoms. The maximum atomic E-state index is 12.2. The number of aromatic nitrogens is 2. The fourth-order valence-electron chi connectivity index (χ4n) is 2.83. The molecule has 1 amide bonds. The molecule has 1 aromatic carbocycles. The van der Waals surface area contributed by atoms with Gasteiger partial charge in [-0.1, -0.05) is 18.2 Å². The quantitative estimate of drug-likeness (QED) is 0.437.